The number of allylic oxidation sites excluding steroid dienone is 1. The van der Waals surface area contributed by atoms with Crippen molar-refractivity contribution in [2.75, 3.05) is 12.4 Å². The maximum atomic E-state index is 11.4. The minimum absolute atomic E-state index is 0.168. The van der Waals surface area contributed by atoms with Gasteiger partial charge in [-0.05, 0) is 12.3 Å². The molecule has 0 heterocycles. The van der Waals surface area contributed by atoms with Gasteiger partial charge >= 0.3 is 0 Å². The summed E-state index contributed by atoms with van der Waals surface area (Å²) in [6, 6.07) is 0. The largest absolute Gasteiger partial charge is 0.353 e. The first-order valence-corrected chi connectivity index (χ1v) is 6.34. The van der Waals surface area contributed by atoms with Gasteiger partial charge in [0.2, 0.25) is 5.91 Å². The average Bonchev–Trinajstić information content (AvgIpc) is 2.74. The molecule has 15 heavy (non-hydrogen) atoms. The molecule has 0 bridgehead atoms. The van der Waals surface area contributed by atoms with Crippen molar-refractivity contribution in [3.05, 3.63) is 12.2 Å². The van der Waals surface area contributed by atoms with E-state index in [4.69, 9.17) is 11.6 Å². The summed E-state index contributed by atoms with van der Waals surface area (Å²) in [5, 5.41) is 2.86. The van der Waals surface area contributed by atoms with Crippen LogP contribution in [0.2, 0.25) is 0 Å². The van der Waals surface area contributed by atoms with E-state index in [1.807, 2.05) is 12.2 Å². The van der Waals surface area contributed by atoms with Crippen molar-refractivity contribution in [1.82, 2.24) is 5.32 Å². The van der Waals surface area contributed by atoms with Crippen LogP contribution in [0.15, 0.2) is 12.2 Å². The van der Waals surface area contributed by atoms with Crippen LogP contribution in [0.4, 0.5) is 0 Å². The lowest BCUT2D eigenvalue weighted by Gasteiger charge is -2.07. The molecular weight excluding hydrogens is 210 g/mol. The van der Waals surface area contributed by atoms with E-state index in [9.17, 15) is 4.79 Å². The fraction of sp³-hybridized carbons (Fsp3) is 0.750. The van der Waals surface area contributed by atoms with Gasteiger partial charge in [-0.15, -0.1) is 11.6 Å². The van der Waals surface area contributed by atoms with Gasteiger partial charge < -0.3 is 5.32 Å². The smallest absolute Gasteiger partial charge is 0.220 e. The molecule has 1 saturated carbocycles. The first-order chi connectivity index (χ1) is 7.33. The third-order valence-electron chi connectivity index (χ3n) is 2.93. The van der Waals surface area contributed by atoms with Crippen LogP contribution in [0.3, 0.4) is 0 Å². The predicted molar refractivity (Wildman–Crippen MR) is 64.1 cm³/mol. The van der Waals surface area contributed by atoms with Crippen molar-refractivity contribution in [3.8, 4) is 0 Å². The molecule has 0 unspecified atom stereocenters. The SMILES string of the molecule is O=C(CCC1CCCC1)NC/C=C/CCl. The zero-order chi connectivity index (χ0) is 10.9. The van der Waals surface area contributed by atoms with Gasteiger partial charge in [0.1, 0.15) is 0 Å². The number of nitrogens with one attached hydrogen (secondary N) is 1. The van der Waals surface area contributed by atoms with Gasteiger partial charge in [-0.1, -0.05) is 37.8 Å². The lowest BCUT2D eigenvalue weighted by atomic mass is 10.0. The van der Waals surface area contributed by atoms with E-state index in [1.54, 1.807) is 0 Å². The summed E-state index contributed by atoms with van der Waals surface area (Å²) in [4.78, 5) is 11.4. The molecule has 3 heteroatoms. The van der Waals surface area contributed by atoms with Crippen LogP contribution in [0.5, 0.6) is 0 Å². The van der Waals surface area contributed by atoms with Crippen LogP contribution < -0.4 is 5.32 Å². The van der Waals surface area contributed by atoms with Gasteiger partial charge in [0.05, 0.1) is 0 Å². The first-order valence-electron chi connectivity index (χ1n) is 5.80. The second kappa shape index (κ2) is 7.75. The lowest BCUT2D eigenvalue weighted by molar-refractivity contribution is -0.121. The van der Waals surface area contributed by atoms with E-state index in [-0.39, 0.29) is 5.91 Å². The Morgan fingerprint density at radius 2 is 2.07 bits per heavy atom. The molecule has 1 aliphatic rings. The summed E-state index contributed by atoms with van der Waals surface area (Å²) in [5.74, 6) is 1.48. The van der Waals surface area contributed by atoms with E-state index in [1.165, 1.54) is 25.7 Å². The topological polar surface area (TPSA) is 29.1 Å². The summed E-state index contributed by atoms with van der Waals surface area (Å²) in [7, 11) is 0. The van der Waals surface area contributed by atoms with Gasteiger partial charge in [0.25, 0.3) is 0 Å². The molecule has 0 aromatic rings. The number of carbonyl (C=O) groups excluding carboxylic acids is 1. The van der Waals surface area contributed by atoms with E-state index >= 15 is 0 Å². The quantitative estimate of drug-likeness (QED) is 0.551. The van der Waals surface area contributed by atoms with Gasteiger partial charge in [0, 0.05) is 18.8 Å². The molecule has 2 nitrogen and oxygen atoms in total. The summed E-state index contributed by atoms with van der Waals surface area (Å²) >= 11 is 5.46. The highest BCUT2D eigenvalue weighted by atomic mass is 35.5. The molecule has 86 valence electrons. The molecule has 0 aromatic heterocycles. The summed E-state index contributed by atoms with van der Waals surface area (Å²) in [6.45, 7) is 0.607. The number of rotatable bonds is 6. The van der Waals surface area contributed by atoms with E-state index in [0.717, 1.165) is 12.3 Å². The second-order valence-electron chi connectivity index (χ2n) is 4.12. The Balaban J connectivity index is 2.00. The number of hydrogen-bond donors (Lipinski definition) is 1. The van der Waals surface area contributed by atoms with Crippen molar-refractivity contribution in [1.29, 1.82) is 0 Å². The number of halogens is 1. The van der Waals surface area contributed by atoms with E-state index in [0.29, 0.717) is 18.8 Å². The Morgan fingerprint density at radius 3 is 2.73 bits per heavy atom. The number of alkyl halides is 1. The molecular formula is C12H20ClNO. The molecule has 0 atom stereocenters. The predicted octanol–water partition coefficient (Wildman–Crippen LogP) is 2.87. The van der Waals surface area contributed by atoms with Crippen molar-refractivity contribution >= 4 is 17.5 Å². The third kappa shape index (κ3) is 5.83. The minimum Gasteiger partial charge on any atom is -0.353 e. The normalized spacial score (nSPS) is 17.4. The average molecular weight is 230 g/mol. The van der Waals surface area contributed by atoms with Gasteiger partial charge in [-0.3, -0.25) is 4.79 Å². The summed E-state index contributed by atoms with van der Waals surface area (Å²) in [6.07, 6.45) is 10.8. The van der Waals surface area contributed by atoms with Crippen LogP contribution in [-0.2, 0) is 4.79 Å². The highest BCUT2D eigenvalue weighted by molar-refractivity contribution is 6.18. The van der Waals surface area contributed by atoms with Gasteiger partial charge in [0.15, 0.2) is 0 Å². The Labute approximate surface area is 97.1 Å². The second-order valence-corrected chi connectivity index (χ2v) is 4.43. The summed E-state index contributed by atoms with van der Waals surface area (Å²) in [5.41, 5.74) is 0. The molecule has 0 aliphatic heterocycles. The van der Waals surface area contributed by atoms with E-state index < -0.39 is 0 Å². The zero-order valence-electron chi connectivity index (χ0n) is 9.18. The Bertz CT molecular complexity index is 210. The molecule has 1 amide bonds. The zero-order valence-corrected chi connectivity index (χ0v) is 9.93. The molecule has 1 rings (SSSR count). The molecule has 0 radical (unpaired) electrons. The Morgan fingerprint density at radius 1 is 1.33 bits per heavy atom. The first kappa shape index (κ1) is 12.6. The molecule has 1 fully saturated rings. The minimum atomic E-state index is 0.168. The molecule has 0 aromatic carbocycles. The molecule has 1 N–H and O–H groups in total. The number of amides is 1. The highest BCUT2D eigenvalue weighted by Gasteiger charge is 2.15. The van der Waals surface area contributed by atoms with Crippen LogP contribution in [0.1, 0.15) is 38.5 Å². The van der Waals surface area contributed by atoms with Crippen molar-refractivity contribution in [2.24, 2.45) is 5.92 Å². The number of hydrogen-bond acceptors (Lipinski definition) is 1. The lowest BCUT2D eigenvalue weighted by Crippen LogP contribution is -2.23. The maximum Gasteiger partial charge on any atom is 0.220 e. The fourth-order valence-electron chi connectivity index (χ4n) is 2.04. The van der Waals surface area contributed by atoms with Crippen LogP contribution >= 0.6 is 11.6 Å². The maximum absolute atomic E-state index is 11.4. The van der Waals surface area contributed by atoms with Gasteiger partial charge in [-0.25, -0.2) is 0 Å². The van der Waals surface area contributed by atoms with Crippen molar-refractivity contribution < 1.29 is 4.79 Å². The molecule has 1 aliphatic carbocycles. The molecule has 0 saturated heterocycles. The fourth-order valence-corrected chi connectivity index (χ4v) is 2.17. The van der Waals surface area contributed by atoms with E-state index in [2.05, 4.69) is 5.32 Å². The number of carbonyl (C=O) groups is 1. The monoisotopic (exact) mass is 229 g/mol. The van der Waals surface area contributed by atoms with Crippen molar-refractivity contribution in [2.45, 2.75) is 38.5 Å². The van der Waals surface area contributed by atoms with Crippen molar-refractivity contribution in [3.63, 3.8) is 0 Å². The van der Waals surface area contributed by atoms with Gasteiger partial charge in [-0.2, -0.15) is 0 Å². The Kier molecular flexibility index (Phi) is 6.49. The summed E-state index contributed by atoms with van der Waals surface area (Å²) < 4.78 is 0. The molecule has 0 spiro atoms. The highest BCUT2D eigenvalue weighted by Crippen LogP contribution is 2.28. The Hall–Kier alpha value is -0.500. The van der Waals surface area contributed by atoms with Crippen LogP contribution in [-0.4, -0.2) is 18.3 Å². The standard InChI is InChI=1S/C12H20ClNO/c13-9-3-4-10-14-12(15)8-7-11-5-1-2-6-11/h3-4,11H,1-2,5-10H2,(H,14,15)/b4-3+. The third-order valence-corrected chi connectivity index (χ3v) is 3.11. The van der Waals surface area contributed by atoms with Crippen LogP contribution in [0, 0.1) is 5.92 Å². The van der Waals surface area contributed by atoms with Crippen LogP contribution in [0.25, 0.3) is 0 Å².